The van der Waals surface area contributed by atoms with Gasteiger partial charge in [0.1, 0.15) is 12.2 Å². The van der Waals surface area contributed by atoms with Gasteiger partial charge in [-0.2, -0.15) is 0 Å². The molecule has 0 heterocycles. The fourth-order valence-corrected chi connectivity index (χ4v) is 1.79. The molecule has 7 heteroatoms. The Morgan fingerprint density at radius 3 is 2.50 bits per heavy atom. The first kappa shape index (κ1) is 14.4. The van der Waals surface area contributed by atoms with E-state index in [1.165, 1.54) is 13.0 Å². The predicted octanol–water partition coefficient (Wildman–Crippen LogP) is -1.84. The van der Waals surface area contributed by atoms with Crippen molar-refractivity contribution in [1.82, 2.24) is 5.32 Å². The monoisotopic (exact) mass is 257 g/mol. The zero-order valence-corrected chi connectivity index (χ0v) is 9.70. The van der Waals surface area contributed by atoms with Crippen LogP contribution < -0.4 is 5.32 Å². The number of amides is 1. The van der Waals surface area contributed by atoms with Crippen LogP contribution in [0.15, 0.2) is 23.3 Å². The van der Waals surface area contributed by atoms with Crippen molar-refractivity contribution in [3.8, 4) is 0 Å². The Bertz CT molecular complexity index is 414. The van der Waals surface area contributed by atoms with Gasteiger partial charge < -0.3 is 25.7 Å². The molecule has 7 nitrogen and oxygen atoms in total. The summed E-state index contributed by atoms with van der Waals surface area (Å²) in [4.78, 5) is 21.7. The molecule has 100 valence electrons. The van der Waals surface area contributed by atoms with E-state index in [4.69, 9.17) is 10.2 Å². The minimum Gasteiger partial charge on any atom is -0.478 e. The van der Waals surface area contributed by atoms with E-state index >= 15 is 0 Å². The minimum atomic E-state index is -1.41. The number of carbonyl (C=O) groups is 2. The van der Waals surface area contributed by atoms with Crippen molar-refractivity contribution in [2.75, 3.05) is 6.61 Å². The average Bonchev–Trinajstić information content (AvgIpc) is 2.27. The largest absolute Gasteiger partial charge is 0.478 e. The van der Waals surface area contributed by atoms with E-state index in [1.54, 1.807) is 0 Å². The molecule has 0 unspecified atom stereocenters. The standard InChI is InChI=1S/C11H15NO6/c1-5(14)12-9-6(3-8(15)16)2-7(4-13)10(17)11(9)18/h2-3,9-11,13,17-18H,4H2,1H3,(H,12,14)(H,15,16)/b6-3+/t9-,10+,11+/m0/s1. The molecule has 0 aromatic carbocycles. The number of aliphatic hydroxyl groups excluding tert-OH is 3. The maximum atomic E-state index is 11.0. The van der Waals surface area contributed by atoms with Crippen LogP contribution in [0.25, 0.3) is 0 Å². The van der Waals surface area contributed by atoms with Crippen molar-refractivity contribution in [1.29, 1.82) is 0 Å². The van der Waals surface area contributed by atoms with E-state index in [2.05, 4.69) is 5.32 Å². The third-order valence-electron chi connectivity index (χ3n) is 2.59. The van der Waals surface area contributed by atoms with Crippen LogP contribution in [-0.2, 0) is 9.59 Å². The van der Waals surface area contributed by atoms with Gasteiger partial charge >= 0.3 is 5.97 Å². The van der Waals surface area contributed by atoms with Gasteiger partial charge in [0.15, 0.2) is 0 Å². The summed E-state index contributed by atoms with van der Waals surface area (Å²) in [7, 11) is 0. The third kappa shape index (κ3) is 3.16. The van der Waals surface area contributed by atoms with Crippen molar-refractivity contribution < 1.29 is 30.0 Å². The average molecular weight is 257 g/mol. The Balaban J connectivity index is 3.17. The molecular weight excluding hydrogens is 242 g/mol. The number of carboxylic acid groups (broad SMARTS) is 1. The van der Waals surface area contributed by atoms with Crippen molar-refractivity contribution in [2.24, 2.45) is 0 Å². The number of carbonyl (C=O) groups excluding carboxylic acids is 1. The van der Waals surface area contributed by atoms with E-state index in [-0.39, 0.29) is 11.1 Å². The van der Waals surface area contributed by atoms with Crippen molar-refractivity contribution in [3.05, 3.63) is 23.3 Å². The maximum absolute atomic E-state index is 11.0. The molecule has 1 aliphatic carbocycles. The topological polar surface area (TPSA) is 127 Å². The Morgan fingerprint density at radius 1 is 1.44 bits per heavy atom. The zero-order chi connectivity index (χ0) is 13.9. The number of aliphatic carboxylic acids is 1. The maximum Gasteiger partial charge on any atom is 0.328 e. The lowest BCUT2D eigenvalue weighted by Crippen LogP contribution is -2.52. The van der Waals surface area contributed by atoms with E-state index < -0.39 is 36.7 Å². The van der Waals surface area contributed by atoms with E-state index in [0.29, 0.717) is 0 Å². The summed E-state index contributed by atoms with van der Waals surface area (Å²) in [6, 6.07) is -1.02. The molecule has 0 aromatic rings. The second-order valence-corrected chi connectivity index (χ2v) is 3.97. The summed E-state index contributed by atoms with van der Waals surface area (Å²) in [6.07, 6.45) is -0.693. The van der Waals surface area contributed by atoms with Crippen LogP contribution in [0.1, 0.15) is 6.92 Å². The highest BCUT2D eigenvalue weighted by molar-refractivity contribution is 5.82. The van der Waals surface area contributed by atoms with E-state index in [1.807, 2.05) is 0 Å². The molecular formula is C11H15NO6. The highest BCUT2D eigenvalue weighted by Crippen LogP contribution is 2.24. The number of hydrogen-bond acceptors (Lipinski definition) is 5. The lowest BCUT2D eigenvalue weighted by atomic mass is 9.86. The lowest BCUT2D eigenvalue weighted by molar-refractivity contribution is -0.131. The molecule has 0 saturated heterocycles. The zero-order valence-electron chi connectivity index (χ0n) is 9.70. The van der Waals surface area contributed by atoms with Gasteiger partial charge in [0.2, 0.25) is 5.91 Å². The van der Waals surface area contributed by atoms with Crippen LogP contribution in [0, 0.1) is 0 Å². The van der Waals surface area contributed by atoms with E-state index in [0.717, 1.165) is 6.08 Å². The molecule has 5 N–H and O–H groups in total. The normalized spacial score (nSPS) is 29.9. The van der Waals surface area contributed by atoms with Crippen molar-refractivity contribution in [3.63, 3.8) is 0 Å². The summed E-state index contributed by atoms with van der Waals surface area (Å²) in [6.45, 7) is 0.699. The first-order valence-electron chi connectivity index (χ1n) is 5.26. The second kappa shape index (κ2) is 5.76. The van der Waals surface area contributed by atoms with Gasteiger partial charge in [-0.15, -0.1) is 0 Å². The van der Waals surface area contributed by atoms with Gasteiger partial charge in [0.25, 0.3) is 0 Å². The Kier molecular flexibility index (Phi) is 4.60. The molecule has 0 aliphatic heterocycles. The lowest BCUT2D eigenvalue weighted by Gasteiger charge is -2.33. The Morgan fingerprint density at radius 2 is 2.06 bits per heavy atom. The molecule has 18 heavy (non-hydrogen) atoms. The second-order valence-electron chi connectivity index (χ2n) is 3.97. The van der Waals surface area contributed by atoms with Crippen LogP contribution in [-0.4, -0.2) is 57.2 Å². The molecule has 0 fully saturated rings. The Labute approximate surface area is 103 Å². The van der Waals surface area contributed by atoms with Crippen LogP contribution in [0.5, 0.6) is 0 Å². The number of carboxylic acids is 1. The Hall–Kier alpha value is -1.70. The highest BCUT2D eigenvalue weighted by Gasteiger charge is 2.35. The molecule has 0 saturated carbocycles. The van der Waals surface area contributed by atoms with Gasteiger partial charge in [-0.1, -0.05) is 6.08 Å². The number of hydrogen-bond donors (Lipinski definition) is 5. The third-order valence-corrected chi connectivity index (χ3v) is 2.59. The van der Waals surface area contributed by atoms with Gasteiger partial charge in [-0.05, 0) is 11.1 Å². The van der Waals surface area contributed by atoms with Crippen molar-refractivity contribution >= 4 is 11.9 Å². The molecule has 0 bridgehead atoms. The number of nitrogens with one attached hydrogen (secondary N) is 1. The van der Waals surface area contributed by atoms with Gasteiger partial charge in [0, 0.05) is 13.0 Å². The minimum absolute atomic E-state index is 0.0941. The molecule has 1 rings (SSSR count). The number of aliphatic hydroxyl groups is 3. The van der Waals surface area contributed by atoms with Crippen LogP contribution >= 0.6 is 0 Å². The first-order valence-corrected chi connectivity index (χ1v) is 5.26. The molecule has 0 spiro atoms. The first-order chi connectivity index (χ1) is 8.36. The molecule has 0 aromatic heterocycles. The summed E-state index contributed by atoms with van der Waals surface area (Å²) in [5.41, 5.74) is 0.205. The summed E-state index contributed by atoms with van der Waals surface area (Å²) < 4.78 is 0. The molecule has 1 aliphatic rings. The SMILES string of the molecule is CC(=O)N[C@H]1/C(=C/C(=O)O)C=C(CO)[C@@H](O)[C@@H]1O. The summed E-state index contributed by atoms with van der Waals surface area (Å²) in [5, 5.41) is 39.5. The van der Waals surface area contributed by atoms with Crippen molar-refractivity contribution in [2.45, 2.75) is 25.2 Å². The van der Waals surface area contributed by atoms with Crippen LogP contribution in [0.4, 0.5) is 0 Å². The molecule has 1 amide bonds. The number of rotatable bonds is 3. The smallest absolute Gasteiger partial charge is 0.328 e. The summed E-state index contributed by atoms with van der Waals surface area (Å²) in [5.74, 6) is -1.72. The van der Waals surface area contributed by atoms with Crippen LogP contribution in [0.2, 0.25) is 0 Å². The fraction of sp³-hybridized carbons (Fsp3) is 0.455. The summed E-state index contributed by atoms with van der Waals surface area (Å²) >= 11 is 0. The highest BCUT2D eigenvalue weighted by atomic mass is 16.4. The predicted molar refractivity (Wildman–Crippen MR) is 60.5 cm³/mol. The van der Waals surface area contributed by atoms with Gasteiger partial charge in [-0.25, -0.2) is 4.79 Å². The van der Waals surface area contributed by atoms with Crippen LogP contribution in [0.3, 0.4) is 0 Å². The molecule has 0 radical (unpaired) electrons. The van der Waals surface area contributed by atoms with Gasteiger partial charge in [-0.3, -0.25) is 4.79 Å². The van der Waals surface area contributed by atoms with Gasteiger partial charge in [0.05, 0.1) is 12.6 Å². The quantitative estimate of drug-likeness (QED) is 0.378. The fourth-order valence-electron chi connectivity index (χ4n) is 1.79. The van der Waals surface area contributed by atoms with E-state index in [9.17, 15) is 19.8 Å². The molecule has 3 atom stereocenters.